The molecule has 9 heteroatoms. The van der Waals surface area contributed by atoms with Crippen LogP contribution in [0.25, 0.3) is 10.8 Å². The zero-order valence-electron chi connectivity index (χ0n) is 16.3. The van der Waals surface area contributed by atoms with E-state index in [4.69, 9.17) is 25.9 Å². The number of ether oxygens (including phenoxy) is 1. The molecule has 0 saturated heterocycles. The molecule has 2 aromatic carbocycles. The average Bonchev–Trinajstić information content (AvgIpc) is 2.59. The number of halogens is 1. The second kappa shape index (κ2) is 9.25. The van der Waals surface area contributed by atoms with Crippen molar-refractivity contribution in [1.29, 1.82) is 0 Å². The van der Waals surface area contributed by atoms with E-state index in [1.165, 1.54) is 6.92 Å². The van der Waals surface area contributed by atoms with Crippen molar-refractivity contribution in [2.45, 2.75) is 40.2 Å². The fraction of sp³-hybridized carbons (Fsp3) is 0.421. The zero-order chi connectivity index (χ0) is 20.9. The second-order valence-electron chi connectivity index (χ2n) is 7.60. The zero-order valence-corrected chi connectivity index (χ0v) is 17.9. The van der Waals surface area contributed by atoms with Gasteiger partial charge < -0.3 is 14.5 Å². The molecule has 7 nitrogen and oxygen atoms in total. The number of carbonyl (C=O) groups excluding carboxylic acids is 1. The summed E-state index contributed by atoms with van der Waals surface area (Å²) < 4.78 is 22.0. The molecule has 2 aromatic rings. The molecular formula is C19H25ClNO6P. The molecule has 0 bridgehead atoms. The van der Waals surface area contributed by atoms with Crippen LogP contribution in [0.5, 0.6) is 5.75 Å². The standard InChI is InChI=1S/C19H25ClNO6P/c1-13(18(22)25-12-11-19(2,3)4)21-28(23,24)27-26-17-15-8-6-5-7-14(15)9-10-16(17)20/h5-10,13H,11-12H2,1-4H3,(H2,21,23,24)/t13-/m0/s1. The summed E-state index contributed by atoms with van der Waals surface area (Å²) in [6, 6.07) is 9.51. The minimum Gasteiger partial charge on any atom is -0.465 e. The Morgan fingerprint density at radius 3 is 2.61 bits per heavy atom. The number of nitrogens with one attached hydrogen (secondary N) is 1. The van der Waals surface area contributed by atoms with Crippen LogP contribution in [-0.4, -0.2) is 23.5 Å². The van der Waals surface area contributed by atoms with Crippen molar-refractivity contribution in [3.8, 4) is 5.75 Å². The molecule has 0 aromatic heterocycles. The van der Waals surface area contributed by atoms with Gasteiger partial charge in [0.1, 0.15) is 6.04 Å². The molecule has 2 N–H and O–H groups in total. The van der Waals surface area contributed by atoms with Crippen LogP contribution in [0.2, 0.25) is 5.02 Å². The lowest BCUT2D eigenvalue weighted by molar-refractivity contribution is -0.146. The van der Waals surface area contributed by atoms with E-state index in [0.29, 0.717) is 11.8 Å². The minimum absolute atomic E-state index is 0.0118. The van der Waals surface area contributed by atoms with Crippen molar-refractivity contribution in [2.75, 3.05) is 6.61 Å². The molecule has 0 radical (unpaired) electrons. The summed E-state index contributed by atoms with van der Waals surface area (Å²) in [4.78, 5) is 27.0. The highest BCUT2D eigenvalue weighted by atomic mass is 35.5. The van der Waals surface area contributed by atoms with Crippen LogP contribution in [0.3, 0.4) is 0 Å². The van der Waals surface area contributed by atoms with Gasteiger partial charge in [0, 0.05) is 5.39 Å². The predicted octanol–water partition coefficient (Wildman–Crippen LogP) is 4.86. The van der Waals surface area contributed by atoms with E-state index in [0.717, 1.165) is 5.39 Å². The van der Waals surface area contributed by atoms with Gasteiger partial charge in [0.05, 0.1) is 11.6 Å². The molecular weight excluding hydrogens is 405 g/mol. The summed E-state index contributed by atoms with van der Waals surface area (Å²) in [5, 5.41) is 3.84. The lowest BCUT2D eigenvalue weighted by Crippen LogP contribution is -2.34. The number of hydrogen-bond donors (Lipinski definition) is 2. The van der Waals surface area contributed by atoms with Crippen molar-refractivity contribution < 1.29 is 28.6 Å². The number of benzene rings is 2. The second-order valence-corrected chi connectivity index (χ2v) is 9.46. The van der Waals surface area contributed by atoms with E-state index in [1.54, 1.807) is 24.3 Å². The number of rotatable bonds is 8. The molecule has 0 heterocycles. The third-order valence-corrected chi connectivity index (χ3v) is 5.15. The Morgan fingerprint density at radius 1 is 1.25 bits per heavy atom. The summed E-state index contributed by atoms with van der Waals surface area (Å²) in [6.07, 6.45) is 0.668. The molecule has 2 rings (SSSR count). The largest absolute Gasteiger partial charge is 0.465 e. The monoisotopic (exact) mass is 429 g/mol. The summed E-state index contributed by atoms with van der Waals surface area (Å²) in [5.74, 6) is -0.554. The van der Waals surface area contributed by atoms with Crippen LogP contribution in [0.15, 0.2) is 36.4 Å². The first-order valence-corrected chi connectivity index (χ1v) is 10.7. The molecule has 0 aliphatic heterocycles. The van der Waals surface area contributed by atoms with Crippen molar-refractivity contribution in [3.63, 3.8) is 0 Å². The summed E-state index contributed by atoms with van der Waals surface area (Å²) >= 11 is 6.11. The Morgan fingerprint density at radius 2 is 1.93 bits per heavy atom. The predicted molar refractivity (Wildman–Crippen MR) is 108 cm³/mol. The van der Waals surface area contributed by atoms with Crippen LogP contribution in [0, 0.1) is 5.41 Å². The van der Waals surface area contributed by atoms with Gasteiger partial charge in [-0.2, -0.15) is 0 Å². The summed E-state index contributed by atoms with van der Waals surface area (Å²) in [7, 11) is -4.46. The van der Waals surface area contributed by atoms with E-state index in [2.05, 4.69) is 5.09 Å². The van der Waals surface area contributed by atoms with Gasteiger partial charge in [-0.1, -0.05) is 67.4 Å². The van der Waals surface area contributed by atoms with Crippen LogP contribution < -0.4 is 9.97 Å². The lowest BCUT2D eigenvalue weighted by atomic mass is 9.93. The highest BCUT2D eigenvalue weighted by Gasteiger charge is 2.29. The summed E-state index contributed by atoms with van der Waals surface area (Å²) in [6.45, 7) is 7.68. The molecule has 154 valence electrons. The fourth-order valence-corrected chi connectivity index (χ4v) is 3.30. The average molecular weight is 430 g/mol. The normalized spacial score (nSPS) is 15.1. The molecule has 28 heavy (non-hydrogen) atoms. The maximum absolute atomic E-state index is 12.2. The van der Waals surface area contributed by atoms with Gasteiger partial charge in [0.15, 0.2) is 5.75 Å². The summed E-state index contributed by atoms with van der Waals surface area (Å²) in [5.41, 5.74) is 0.0118. The van der Waals surface area contributed by atoms with Crippen LogP contribution in [-0.2, 0) is 18.8 Å². The SMILES string of the molecule is C[C@H](NP(=O)(O)OOc1c(Cl)ccc2ccccc12)C(=O)OCCC(C)(C)C. The first-order chi connectivity index (χ1) is 13.0. The third kappa shape index (κ3) is 6.76. The fourth-order valence-electron chi connectivity index (χ4n) is 2.29. The smallest absolute Gasteiger partial charge is 0.440 e. The van der Waals surface area contributed by atoms with Crippen molar-refractivity contribution in [2.24, 2.45) is 5.41 Å². The van der Waals surface area contributed by atoms with Crippen molar-refractivity contribution >= 4 is 36.1 Å². The third-order valence-electron chi connectivity index (χ3n) is 3.86. The molecule has 1 unspecified atom stereocenters. The lowest BCUT2D eigenvalue weighted by Gasteiger charge is -2.20. The van der Waals surface area contributed by atoms with Gasteiger partial charge >= 0.3 is 13.7 Å². The molecule has 0 spiro atoms. The minimum atomic E-state index is -4.46. The Labute approximate surface area is 169 Å². The highest BCUT2D eigenvalue weighted by Crippen LogP contribution is 2.41. The maximum atomic E-state index is 12.2. The first kappa shape index (κ1) is 22.7. The molecule has 0 saturated carbocycles. The van der Waals surface area contributed by atoms with E-state index >= 15 is 0 Å². The molecule has 0 aliphatic carbocycles. The molecule has 0 fully saturated rings. The Balaban J connectivity index is 1.96. The van der Waals surface area contributed by atoms with E-state index in [-0.39, 0.29) is 22.8 Å². The molecule has 0 aliphatic rings. The number of carbonyl (C=O) groups is 1. The number of hydrogen-bond acceptors (Lipinski definition) is 5. The maximum Gasteiger partial charge on any atom is 0.440 e. The molecule has 0 amide bonds. The Bertz CT molecular complexity index is 882. The topological polar surface area (TPSA) is 94.1 Å². The Hall–Kier alpha value is -1.63. The highest BCUT2D eigenvalue weighted by molar-refractivity contribution is 7.50. The molecule has 2 atom stereocenters. The van der Waals surface area contributed by atoms with E-state index < -0.39 is 19.8 Å². The van der Waals surface area contributed by atoms with E-state index in [9.17, 15) is 14.3 Å². The van der Waals surface area contributed by atoms with Gasteiger partial charge in [-0.25, -0.2) is 9.65 Å². The Kier molecular flexibility index (Phi) is 7.48. The van der Waals surface area contributed by atoms with Gasteiger partial charge in [-0.05, 0) is 30.2 Å². The van der Waals surface area contributed by atoms with Crippen LogP contribution in [0.1, 0.15) is 34.1 Å². The van der Waals surface area contributed by atoms with Crippen molar-refractivity contribution in [1.82, 2.24) is 5.09 Å². The van der Waals surface area contributed by atoms with Gasteiger partial charge in [0.2, 0.25) is 0 Å². The van der Waals surface area contributed by atoms with Crippen molar-refractivity contribution in [3.05, 3.63) is 41.4 Å². The van der Waals surface area contributed by atoms with Gasteiger partial charge in [-0.3, -0.25) is 4.79 Å². The van der Waals surface area contributed by atoms with Crippen LogP contribution in [0.4, 0.5) is 0 Å². The number of esters is 1. The number of fused-ring (bicyclic) bond motifs is 1. The van der Waals surface area contributed by atoms with Gasteiger partial charge in [0.25, 0.3) is 0 Å². The van der Waals surface area contributed by atoms with Crippen LogP contribution >= 0.6 is 19.3 Å². The van der Waals surface area contributed by atoms with Gasteiger partial charge in [-0.15, -0.1) is 0 Å². The quantitative estimate of drug-likeness (QED) is 0.268. The van der Waals surface area contributed by atoms with E-state index in [1.807, 2.05) is 32.9 Å². The first-order valence-electron chi connectivity index (χ1n) is 8.79.